The summed E-state index contributed by atoms with van der Waals surface area (Å²) >= 11 is 0. The van der Waals surface area contributed by atoms with Crippen LogP contribution >= 0.6 is 0 Å². The summed E-state index contributed by atoms with van der Waals surface area (Å²) in [6.07, 6.45) is 39.8. The fraction of sp³-hybridized carbons (Fsp3) is 0.967. The average Bonchev–Trinajstić information content (AvgIpc) is 2.78. The molecule has 0 aromatic carbocycles. The lowest BCUT2D eigenvalue weighted by atomic mass is 10.0. The molecule has 0 amide bonds. The second-order valence-electron chi connectivity index (χ2n) is 10.2. The van der Waals surface area contributed by atoms with Crippen molar-refractivity contribution in [1.82, 2.24) is 0 Å². The zero-order chi connectivity index (χ0) is 22.5. The summed E-state index contributed by atoms with van der Waals surface area (Å²) in [7, 11) is 0. The van der Waals surface area contributed by atoms with E-state index in [4.69, 9.17) is 5.11 Å². The fourth-order valence-electron chi connectivity index (χ4n) is 4.73. The van der Waals surface area contributed by atoms with Crippen molar-refractivity contribution in [2.24, 2.45) is 0 Å². The van der Waals surface area contributed by atoms with Crippen molar-refractivity contribution in [2.45, 2.75) is 187 Å². The molecule has 0 aromatic heterocycles. The molecule has 0 rings (SSSR count). The summed E-state index contributed by atoms with van der Waals surface area (Å²) in [6.45, 7) is 3.61. The van der Waals surface area contributed by atoms with Crippen molar-refractivity contribution in [3.05, 3.63) is 6.61 Å². The summed E-state index contributed by atoms with van der Waals surface area (Å²) in [6, 6.07) is 0. The van der Waals surface area contributed by atoms with Crippen molar-refractivity contribution in [3.8, 4) is 0 Å². The SMILES string of the molecule is CCCCCCCCCCCCCCCCCCCCCCCCCCCCC[CH]O. The molecule has 0 unspecified atom stereocenters. The molecule has 0 saturated heterocycles. The van der Waals surface area contributed by atoms with Gasteiger partial charge in [0.25, 0.3) is 0 Å². The fourth-order valence-corrected chi connectivity index (χ4v) is 4.73. The molecular formula is C30H61O. The zero-order valence-corrected chi connectivity index (χ0v) is 21.8. The maximum Gasteiger partial charge on any atom is 0.0799 e. The molecule has 1 nitrogen and oxygen atoms in total. The van der Waals surface area contributed by atoms with Gasteiger partial charge in [0.2, 0.25) is 0 Å². The highest BCUT2D eigenvalue weighted by molar-refractivity contribution is 4.53. The van der Waals surface area contributed by atoms with Crippen LogP contribution in [-0.4, -0.2) is 5.11 Å². The van der Waals surface area contributed by atoms with Crippen LogP contribution in [0.5, 0.6) is 0 Å². The quantitative estimate of drug-likeness (QED) is 0.121. The van der Waals surface area contributed by atoms with Crippen LogP contribution in [0.15, 0.2) is 0 Å². The van der Waals surface area contributed by atoms with Crippen LogP contribution in [0.25, 0.3) is 0 Å². The Morgan fingerprint density at radius 2 is 0.516 bits per heavy atom. The van der Waals surface area contributed by atoms with Gasteiger partial charge in [0.05, 0.1) is 6.61 Å². The number of aliphatic hydroxyl groups is 1. The van der Waals surface area contributed by atoms with E-state index in [-0.39, 0.29) is 0 Å². The third-order valence-corrected chi connectivity index (χ3v) is 6.94. The summed E-state index contributed by atoms with van der Waals surface area (Å²) in [5.74, 6) is 0. The predicted molar refractivity (Wildman–Crippen MR) is 141 cm³/mol. The molecule has 0 aliphatic carbocycles. The van der Waals surface area contributed by atoms with Crippen molar-refractivity contribution in [3.63, 3.8) is 0 Å². The largest absolute Gasteiger partial charge is 0.390 e. The van der Waals surface area contributed by atoms with Crippen LogP contribution in [-0.2, 0) is 0 Å². The van der Waals surface area contributed by atoms with E-state index in [1.54, 1.807) is 0 Å². The summed E-state index contributed by atoms with van der Waals surface area (Å²) in [5.41, 5.74) is 0. The van der Waals surface area contributed by atoms with Gasteiger partial charge in [-0.25, -0.2) is 0 Å². The van der Waals surface area contributed by atoms with Gasteiger partial charge in [-0.15, -0.1) is 0 Å². The first-order valence-electron chi connectivity index (χ1n) is 14.9. The molecule has 1 heteroatoms. The second-order valence-corrected chi connectivity index (χ2v) is 10.2. The van der Waals surface area contributed by atoms with Crippen molar-refractivity contribution < 1.29 is 5.11 Å². The van der Waals surface area contributed by atoms with Crippen LogP contribution in [0.1, 0.15) is 187 Å². The van der Waals surface area contributed by atoms with Gasteiger partial charge in [-0.05, 0) is 6.42 Å². The number of hydrogen-bond acceptors (Lipinski definition) is 1. The Bertz CT molecular complexity index is 260. The van der Waals surface area contributed by atoms with Crippen LogP contribution in [0.2, 0.25) is 0 Å². The number of hydrogen-bond donors (Lipinski definition) is 1. The van der Waals surface area contributed by atoms with Gasteiger partial charge in [-0.3, -0.25) is 0 Å². The normalized spacial score (nSPS) is 11.4. The molecule has 0 aliphatic heterocycles. The molecule has 0 fully saturated rings. The Morgan fingerprint density at radius 1 is 0.323 bits per heavy atom. The molecule has 0 aromatic rings. The van der Waals surface area contributed by atoms with Crippen molar-refractivity contribution in [2.75, 3.05) is 0 Å². The van der Waals surface area contributed by atoms with Gasteiger partial charge in [-0.1, -0.05) is 180 Å². The van der Waals surface area contributed by atoms with Gasteiger partial charge in [-0.2, -0.15) is 0 Å². The first kappa shape index (κ1) is 31.0. The standard InChI is InChI=1S/C30H61O/c1-2-3-4-5-6-7-8-9-10-11-12-13-14-15-16-17-18-19-20-21-22-23-24-25-26-27-28-29-30-31/h30-31H,2-29H2,1H3. The molecule has 31 heavy (non-hydrogen) atoms. The molecule has 0 bridgehead atoms. The number of unbranched alkanes of at least 4 members (excludes halogenated alkanes) is 27. The topological polar surface area (TPSA) is 20.2 Å². The van der Waals surface area contributed by atoms with E-state index in [1.807, 2.05) is 0 Å². The predicted octanol–water partition coefficient (Wildman–Crippen LogP) is 11.5. The Kier molecular flexibility index (Phi) is 29.9. The lowest BCUT2D eigenvalue weighted by Crippen LogP contribution is -1.85. The van der Waals surface area contributed by atoms with E-state index < -0.39 is 0 Å². The van der Waals surface area contributed by atoms with Gasteiger partial charge in [0.15, 0.2) is 0 Å². The lowest BCUT2D eigenvalue weighted by Gasteiger charge is -2.04. The van der Waals surface area contributed by atoms with Crippen LogP contribution in [0, 0.1) is 6.61 Å². The van der Waals surface area contributed by atoms with Crippen LogP contribution < -0.4 is 0 Å². The van der Waals surface area contributed by atoms with Crippen LogP contribution in [0.4, 0.5) is 0 Å². The molecule has 0 spiro atoms. The van der Waals surface area contributed by atoms with E-state index >= 15 is 0 Å². The third kappa shape index (κ3) is 30.0. The summed E-state index contributed by atoms with van der Waals surface area (Å²) in [4.78, 5) is 0. The Labute approximate surface area is 198 Å². The molecule has 187 valence electrons. The van der Waals surface area contributed by atoms with Gasteiger partial charge in [0, 0.05) is 0 Å². The molecular weight excluding hydrogens is 376 g/mol. The maximum absolute atomic E-state index is 8.63. The lowest BCUT2D eigenvalue weighted by molar-refractivity contribution is 0.367. The smallest absolute Gasteiger partial charge is 0.0799 e. The average molecular weight is 438 g/mol. The highest BCUT2D eigenvalue weighted by Gasteiger charge is 1.96. The minimum Gasteiger partial charge on any atom is -0.390 e. The molecule has 1 N–H and O–H groups in total. The van der Waals surface area contributed by atoms with Gasteiger partial charge < -0.3 is 5.11 Å². The van der Waals surface area contributed by atoms with Crippen molar-refractivity contribution >= 4 is 0 Å². The summed E-state index contributed by atoms with van der Waals surface area (Å²) < 4.78 is 0. The Morgan fingerprint density at radius 3 is 0.710 bits per heavy atom. The van der Waals surface area contributed by atoms with E-state index in [0.29, 0.717) is 0 Å². The molecule has 1 radical (unpaired) electrons. The highest BCUT2D eigenvalue weighted by Crippen LogP contribution is 2.16. The minimum atomic E-state index is 0.874. The zero-order valence-electron chi connectivity index (χ0n) is 21.8. The van der Waals surface area contributed by atoms with E-state index in [0.717, 1.165) is 12.8 Å². The highest BCUT2D eigenvalue weighted by atomic mass is 16.2. The Hall–Kier alpha value is -0.0400. The van der Waals surface area contributed by atoms with Crippen molar-refractivity contribution in [1.29, 1.82) is 0 Å². The van der Waals surface area contributed by atoms with Gasteiger partial charge >= 0.3 is 0 Å². The van der Waals surface area contributed by atoms with Gasteiger partial charge in [0.1, 0.15) is 0 Å². The molecule has 0 atom stereocenters. The van der Waals surface area contributed by atoms with E-state index in [9.17, 15) is 0 Å². The third-order valence-electron chi connectivity index (χ3n) is 6.94. The Balaban J connectivity index is 2.98. The second kappa shape index (κ2) is 30.0. The monoisotopic (exact) mass is 437 g/mol. The minimum absolute atomic E-state index is 0.874. The molecule has 0 heterocycles. The first-order chi connectivity index (χ1) is 15.4. The number of rotatable bonds is 28. The van der Waals surface area contributed by atoms with E-state index in [2.05, 4.69) is 6.92 Å². The molecule has 0 saturated carbocycles. The maximum atomic E-state index is 8.63. The number of aliphatic hydroxyl groups excluding tert-OH is 1. The molecule has 0 aliphatic rings. The van der Waals surface area contributed by atoms with E-state index in [1.165, 1.54) is 174 Å². The summed E-state index contributed by atoms with van der Waals surface area (Å²) in [5, 5.41) is 8.63. The van der Waals surface area contributed by atoms with Crippen LogP contribution in [0.3, 0.4) is 0 Å². The first-order valence-corrected chi connectivity index (χ1v) is 14.9.